The van der Waals surface area contributed by atoms with Gasteiger partial charge in [0.1, 0.15) is 0 Å². The Balaban J connectivity index is 2.58. The van der Waals surface area contributed by atoms with Gasteiger partial charge in [0.15, 0.2) is 5.78 Å². The average molecular weight is 296 g/mol. The van der Waals surface area contributed by atoms with E-state index in [9.17, 15) is 4.79 Å². The van der Waals surface area contributed by atoms with Crippen molar-refractivity contribution < 1.29 is 9.90 Å². The smallest absolute Gasteiger partial charge is 0.161 e. The normalized spacial score (nSPS) is 11.0. The van der Waals surface area contributed by atoms with Gasteiger partial charge >= 0.3 is 0 Å². The molecule has 1 aromatic carbocycles. The molecule has 0 radical (unpaired) electrons. The molecule has 1 aromatic heterocycles. The second kappa shape index (κ2) is 5.02. The van der Waals surface area contributed by atoms with Gasteiger partial charge in [-0.3, -0.25) is 4.79 Å². The molecule has 0 saturated heterocycles. The number of Topliss-reactive ketones (excluding diaryl/α,β-unsaturated/α-hetero) is 1. The van der Waals surface area contributed by atoms with Gasteiger partial charge < -0.3 is 9.67 Å². The summed E-state index contributed by atoms with van der Waals surface area (Å²) in [6.45, 7) is 2.46. The third-order valence-electron chi connectivity index (χ3n) is 2.78. The van der Waals surface area contributed by atoms with Crippen LogP contribution in [0.25, 0.3) is 10.9 Å². The molecule has 1 N–H and O–H groups in total. The van der Waals surface area contributed by atoms with Crippen LogP contribution in [-0.4, -0.2) is 22.1 Å². The highest BCUT2D eigenvalue weighted by Crippen LogP contribution is 2.25. The summed E-state index contributed by atoms with van der Waals surface area (Å²) in [6.07, 6.45) is 2.56. The number of nitrogens with zero attached hydrogens (tertiary/aromatic N) is 1. The molecule has 0 aliphatic rings. The van der Waals surface area contributed by atoms with Gasteiger partial charge in [-0.15, -0.1) is 0 Å². The molecule has 2 aromatic rings. The fourth-order valence-electron chi connectivity index (χ4n) is 1.98. The first-order valence-corrected chi connectivity index (χ1v) is 6.33. The number of benzene rings is 1. The first kappa shape index (κ1) is 12.3. The maximum absolute atomic E-state index is 11.6. The summed E-state index contributed by atoms with van der Waals surface area (Å²) in [5, 5.41) is 9.83. The SMILES string of the molecule is CC(=O)c1cn(CCCO)c2ccc(Br)cc12. The number of carbonyl (C=O) groups excluding carboxylic acids is 1. The lowest BCUT2D eigenvalue weighted by Crippen LogP contribution is -1.98. The number of carbonyl (C=O) groups is 1. The van der Waals surface area contributed by atoms with E-state index >= 15 is 0 Å². The Morgan fingerprint density at radius 1 is 1.47 bits per heavy atom. The largest absolute Gasteiger partial charge is 0.396 e. The number of hydrogen-bond donors (Lipinski definition) is 1. The highest BCUT2D eigenvalue weighted by atomic mass is 79.9. The van der Waals surface area contributed by atoms with Gasteiger partial charge in [-0.25, -0.2) is 0 Å². The van der Waals surface area contributed by atoms with Crippen LogP contribution in [0.5, 0.6) is 0 Å². The molecule has 17 heavy (non-hydrogen) atoms. The van der Waals surface area contributed by atoms with E-state index in [1.165, 1.54) is 0 Å². The summed E-state index contributed by atoms with van der Waals surface area (Å²) in [5.41, 5.74) is 1.77. The predicted octanol–water partition coefficient (Wildman–Crippen LogP) is 2.99. The molecule has 1 heterocycles. The molecular formula is C13H14BrNO2. The molecule has 90 valence electrons. The zero-order valence-electron chi connectivity index (χ0n) is 9.61. The van der Waals surface area contributed by atoms with Gasteiger partial charge in [-0.05, 0) is 31.5 Å². The minimum absolute atomic E-state index is 0.0656. The van der Waals surface area contributed by atoms with Gasteiger partial charge in [0.25, 0.3) is 0 Å². The number of hydrogen-bond acceptors (Lipinski definition) is 2. The second-order valence-electron chi connectivity index (χ2n) is 4.03. The number of rotatable bonds is 4. The molecule has 0 atom stereocenters. The molecule has 3 nitrogen and oxygen atoms in total. The third kappa shape index (κ3) is 2.42. The number of aromatic nitrogens is 1. The first-order chi connectivity index (χ1) is 8.13. The van der Waals surface area contributed by atoms with Crippen LogP contribution in [0.4, 0.5) is 0 Å². The fourth-order valence-corrected chi connectivity index (χ4v) is 2.34. The number of aliphatic hydroxyl groups excluding tert-OH is 1. The van der Waals surface area contributed by atoms with Gasteiger partial charge in [0.2, 0.25) is 0 Å². The standard InChI is InChI=1S/C13H14BrNO2/c1-9(17)12-8-15(5-2-6-16)13-4-3-10(14)7-11(12)13/h3-4,7-8,16H,2,5-6H2,1H3. The highest BCUT2D eigenvalue weighted by molar-refractivity contribution is 9.10. The number of halogens is 1. The van der Waals surface area contributed by atoms with E-state index in [0.717, 1.165) is 27.5 Å². The van der Waals surface area contributed by atoms with E-state index in [-0.39, 0.29) is 12.4 Å². The molecule has 0 amide bonds. The van der Waals surface area contributed by atoms with Crippen molar-refractivity contribution in [3.63, 3.8) is 0 Å². The molecule has 0 bridgehead atoms. The van der Waals surface area contributed by atoms with Crippen LogP contribution in [0.1, 0.15) is 23.7 Å². The van der Waals surface area contributed by atoms with Crippen molar-refractivity contribution in [2.75, 3.05) is 6.61 Å². The summed E-state index contributed by atoms with van der Waals surface area (Å²) in [5.74, 6) is 0.0656. The van der Waals surface area contributed by atoms with Crippen LogP contribution in [0.3, 0.4) is 0 Å². The van der Waals surface area contributed by atoms with Crippen molar-refractivity contribution in [1.29, 1.82) is 0 Å². The van der Waals surface area contributed by atoms with E-state index < -0.39 is 0 Å². The predicted molar refractivity (Wildman–Crippen MR) is 71.3 cm³/mol. The summed E-state index contributed by atoms with van der Waals surface area (Å²) < 4.78 is 2.99. The van der Waals surface area contributed by atoms with E-state index in [1.807, 2.05) is 29.0 Å². The second-order valence-corrected chi connectivity index (χ2v) is 4.95. The third-order valence-corrected chi connectivity index (χ3v) is 3.27. The van der Waals surface area contributed by atoms with Crippen molar-refractivity contribution in [1.82, 2.24) is 4.57 Å². The number of aryl methyl sites for hydroxylation is 1. The summed E-state index contributed by atoms with van der Waals surface area (Å²) >= 11 is 3.42. The molecule has 0 aliphatic carbocycles. The number of fused-ring (bicyclic) bond motifs is 1. The quantitative estimate of drug-likeness (QED) is 0.881. The molecule has 0 saturated carbocycles. The van der Waals surface area contributed by atoms with Gasteiger partial charge in [0, 0.05) is 40.3 Å². The van der Waals surface area contributed by atoms with Crippen molar-refractivity contribution in [2.45, 2.75) is 19.9 Å². The maximum Gasteiger partial charge on any atom is 0.161 e. The highest BCUT2D eigenvalue weighted by Gasteiger charge is 2.11. The Hall–Kier alpha value is -1.13. The zero-order chi connectivity index (χ0) is 12.4. The van der Waals surface area contributed by atoms with Gasteiger partial charge in [-0.1, -0.05) is 15.9 Å². The van der Waals surface area contributed by atoms with Gasteiger partial charge in [-0.2, -0.15) is 0 Å². The van der Waals surface area contributed by atoms with Crippen molar-refractivity contribution in [3.05, 3.63) is 34.4 Å². The lowest BCUT2D eigenvalue weighted by Gasteiger charge is -2.03. The Morgan fingerprint density at radius 2 is 2.24 bits per heavy atom. The summed E-state index contributed by atoms with van der Waals surface area (Å²) in [4.78, 5) is 11.6. The molecule has 0 fully saturated rings. The van der Waals surface area contributed by atoms with Crippen molar-refractivity contribution in [3.8, 4) is 0 Å². The minimum atomic E-state index is 0.0656. The van der Waals surface area contributed by atoms with Crippen molar-refractivity contribution >= 4 is 32.6 Å². The van der Waals surface area contributed by atoms with Crippen LogP contribution in [-0.2, 0) is 6.54 Å². The van der Waals surface area contributed by atoms with E-state index in [4.69, 9.17) is 5.11 Å². The van der Waals surface area contributed by atoms with Crippen LogP contribution in [0, 0.1) is 0 Å². The topological polar surface area (TPSA) is 42.2 Å². The van der Waals surface area contributed by atoms with E-state index in [0.29, 0.717) is 6.42 Å². The maximum atomic E-state index is 11.6. The summed E-state index contributed by atoms with van der Waals surface area (Å²) in [6, 6.07) is 5.91. The van der Waals surface area contributed by atoms with Crippen LogP contribution in [0.15, 0.2) is 28.9 Å². The minimum Gasteiger partial charge on any atom is -0.396 e. The molecule has 0 aliphatic heterocycles. The first-order valence-electron chi connectivity index (χ1n) is 5.53. The Labute approximate surface area is 108 Å². The Kier molecular flexibility index (Phi) is 3.64. The summed E-state index contributed by atoms with van der Waals surface area (Å²) in [7, 11) is 0. The zero-order valence-corrected chi connectivity index (χ0v) is 11.2. The van der Waals surface area contributed by atoms with E-state index in [1.54, 1.807) is 6.92 Å². The van der Waals surface area contributed by atoms with Crippen molar-refractivity contribution in [2.24, 2.45) is 0 Å². The monoisotopic (exact) mass is 295 g/mol. The molecule has 0 spiro atoms. The molecule has 0 unspecified atom stereocenters. The Morgan fingerprint density at radius 3 is 2.88 bits per heavy atom. The van der Waals surface area contributed by atoms with Crippen LogP contribution < -0.4 is 0 Å². The number of aliphatic hydroxyl groups is 1. The Bertz CT molecular complexity index is 560. The average Bonchev–Trinajstić information content (AvgIpc) is 2.64. The number of ketones is 1. The molecule has 4 heteroatoms. The van der Waals surface area contributed by atoms with E-state index in [2.05, 4.69) is 15.9 Å². The lowest BCUT2D eigenvalue weighted by molar-refractivity contribution is 0.101. The molecular weight excluding hydrogens is 282 g/mol. The molecule has 2 rings (SSSR count). The van der Waals surface area contributed by atoms with Crippen LogP contribution >= 0.6 is 15.9 Å². The lowest BCUT2D eigenvalue weighted by atomic mass is 10.1. The van der Waals surface area contributed by atoms with Crippen LogP contribution in [0.2, 0.25) is 0 Å². The van der Waals surface area contributed by atoms with Gasteiger partial charge in [0.05, 0.1) is 0 Å². The fraction of sp³-hybridized carbons (Fsp3) is 0.308.